The molecule has 0 aromatic carbocycles. The van der Waals surface area contributed by atoms with Crippen molar-refractivity contribution in [1.29, 1.82) is 0 Å². The molecule has 0 bridgehead atoms. The number of hydrogen-bond donors (Lipinski definition) is 1. The fraction of sp³-hybridized carbons (Fsp3) is 0.429. The van der Waals surface area contributed by atoms with Crippen LogP contribution in [0.3, 0.4) is 0 Å². The number of nitrogens with zero attached hydrogens (tertiary/aromatic N) is 1. The predicted octanol–water partition coefficient (Wildman–Crippen LogP) is 3.35. The normalized spacial score (nSPS) is 14.1. The number of hydrogen-bond acceptors (Lipinski definition) is 4. The summed E-state index contributed by atoms with van der Waals surface area (Å²) in [6.07, 6.45) is 7.07. The second kappa shape index (κ2) is 6.10. The maximum absolute atomic E-state index is 11.9. The third-order valence-electron chi connectivity index (χ3n) is 3.34. The minimum Gasteiger partial charge on any atom is -0.458 e. The topological polar surface area (TPSA) is 55.1 Å². The lowest BCUT2D eigenvalue weighted by atomic mass is 10.0. The third-order valence-corrected chi connectivity index (χ3v) is 5.18. The Labute approximate surface area is 129 Å². The first-order valence-electron chi connectivity index (χ1n) is 6.72. The summed E-state index contributed by atoms with van der Waals surface area (Å²) in [5, 5.41) is 3.98. The van der Waals surface area contributed by atoms with E-state index in [-0.39, 0.29) is 5.91 Å². The van der Waals surface area contributed by atoms with Gasteiger partial charge < -0.3 is 9.73 Å². The lowest BCUT2D eigenvalue weighted by Crippen LogP contribution is -2.25. The van der Waals surface area contributed by atoms with Gasteiger partial charge >= 0.3 is 0 Å². The molecule has 0 unspecified atom stereocenters. The van der Waals surface area contributed by atoms with Gasteiger partial charge in [0.1, 0.15) is 0 Å². The average Bonchev–Trinajstić information content (AvgIpc) is 3.04. The largest absolute Gasteiger partial charge is 0.458 e. The van der Waals surface area contributed by atoms with Crippen LogP contribution in [0.4, 0.5) is 0 Å². The Morgan fingerprint density at radius 2 is 2.30 bits per heavy atom. The summed E-state index contributed by atoms with van der Waals surface area (Å²) in [6, 6.07) is 1.71. The third kappa shape index (κ3) is 2.96. The van der Waals surface area contributed by atoms with Crippen molar-refractivity contribution in [1.82, 2.24) is 10.3 Å². The van der Waals surface area contributed by atoms with E-state index in [1.165, 1.54) is 36.1 Å². The van der Waals surface area contributed by atoms with Gasteiger partial charge in [-0.1, -0.05) is 0 Å². The molecule has 6 heteroatoms. The van der Waals surface area contributed by atoms with Gasteiger partial charge in [0, 0.05) is 17.8 Å². The van der Waals surface area contributed by atoms with Crippen LogP contribution >= 0.6 is 27.3 Å². The molecule has 0 saturated heterocycles. The summed E-state index contributed by atoms with van der Waals surface area (Å²) in [5.74, 6) is 0.131. The second-order valence-electron chi connectivity index (χ2n) is 4.79. The smallest absolute Gasteiger partial charge is 0.288 e. The monoisotopic (exact) mass is 354 g/mol. The zero-order valence-corrected chi connectivity index (χ0v) is 13.3. The standard InChI is InChI=1S/C14H15BrN2O2S/c15-9-6-8-19-13(9)14(18)16-7-5-12-17-10-3-1-2-4-11(10)20-12/h6,8H,1-5,7H2,(H,16,18). The molecule has 20 heavy (non-hydrogen) atoms. The molecule has 0 atom stereocenters. The Bertz CT molecular complexity index is 597. The van der Waals surface area contributed by atoms with Crippen LogP contribution in [0.5, 0.6) is 0 Å². The van der Waals surface area contributed by atoms with Gasteiger partial charge in [-0.2, -0.15) is 0 Å². The number of thiazole rings is 1. The maximum atomic E-state index is 11.9. The van der Waals surface area contributed by atoms with Crippen LogP contribution in [0, 0.1) is 0 Å². The van der Waals surface area contributed by atoms with Crippen molar-refractivity contribution in [2.75, 3.05) is 6.54 Å². The number of carbonyl (C=O) groups excluding carboxylic acids is 1. The molecule has 0 spiro atoms. The number of halogens is 1. The number of carbonyl (C=O) groups is 1. The fourth-order valence-corrected chi connectivity index (χ4v) is 3.87. The molecule has 0 saturated carbocycles. The Morgan fingerprint density at radius 3 is 3.05 bits per heavy atom. The van der Waals surface area contributed by atoms with E-state index < -0.39 is 0 Å². The summed E-state index contributed by atoms with van der Waals surface area (Å²) >= 11 is 5.07. The minimum atomic E-state index is -0.191. The average molecular weight is 355 g/mol. The molecule has 2 aromatic rings. The van der Waals surface area contributed by atoms with Gasteiger partial charge in [0.25, 0.3) is 5.91 Å². The van der Waals surface area contributed by atoms with Gasteiger partial charge in [-0.05, 0) is 47.7 Å². The van der Waals surface area contributed by atoms with Crippen LogP contribution in [-0.4, -0.2) is 17.4 Å². The molecule has 3 rings (SSSR count). The second-order valence-corrected chi connectivity index (χ2v) is 6.81. The molecule has 1 N–H and O–H groups in total. The molecule has 0 radical (unpaired) electrons. The molecule has 1 amide bonds. The van der Waals surface area contributed by atoms with Gasteiger partial charge in [-0.25, -0.2) is 4.98 Å². The quantitative estimate of drug-likeness (QED) is 0.915. The highest BCUT2D eigenvalue weighted by molar-refractivity contribution is 9.10. The zero-order valence-electron chi connectivity index (χ0n) is 10.9. The lowest BCUT2D eigenvalue weighted by molar-refractivity contribution is 0.0925. The van der Waals surface area contributed by atoms with Crippen molar-refractivity contribution in [3.63, 3.8) is 0 Å². The van der Waals surface area contributed by atoms with Crippen molar-refractivity contribution in [3.05, 3.63) is 38.1 Å². The van der Waals surface area contributed by atoms with Gasteiger partial charge in [-0.3, -0.25) is 4.79 Å². The Morgan fingerprint density at radius 1 is 1.45 bits per heavy atom. The highest BCUT2D eigenvalue weighted by atomic mass is 79.9. The van der Waals surface area contributed by atoms with Crippen LogP contribution in [-0.2, 0) is 19.3 Å². The van der Waals surface area contributed by atoms with E-state index in [1.807, 2.05) is 0 Å². The molecule has 1 aliphatic rings. The van der Waals surface area contributed by atoms with E-state index in [2.05, 4.69) is 26.2 Å². The van der Waals surface area contributed by atoms with Crippen LogP contribution in [0.1, 0.15) is 39.0 Å². The summed E-state index contributed by atoms with van der Waals surface area (Å²) in [7, 11) is 0. The first-order valence-corrected chi connectivity index (χ1v) is 8.33. The van der Waals surface area contributed by atoms with Crippen molar-refractivity contribution in [2.45, 2.75) is 32.1 Å². The van der Waals surface area contributed by atoms with Crippen molar-refractivity contribution in [2.24, 2.45) is 0 Å². The maximum Gasteiger partial charge on any atom is 0.288 e. The molecular weight excluding hydrogens is 340 g/mol. The number of nitrogens with one attached hydrogen (secondary N) is 1. The molecule has 1 aliphatic carbocycles. The molecule has 4 nitrogen and oxygen atoms in total. The number of furan rings is 1. The predicted molar refractivity (Wildman–Crippen MR) is 81.2 cm³/mol. The van der Waals surface area contributed by atoms with E-state index in [0.29, 0.717) is 16.8 Å². The van der Waals surface area contributed by atoms with E-state index in [9.17, 15) is 4.79 Å². The van der Waals surface area contributed by atoms with Gasteiger partial charge in [-0.15, -0.1) is 11.3 Å². The van der Waals surface area contributed by atoms with Crippen molar-refractivity contribution in [3.8, 4) is 0 Å². The molecule has 0 aliphatic heterocycles. The highest BCUT2D eigenvalue weighted by Crippen LogP contribution is 2.26. The number of rotatable bonds is 4. The summed E-state index contributed by atoms with van der Waals surface area (Å²) in [4.78, 5) is 18.0. The van der Waals surface area contributed by atoms with Crippen LogP contribution in [0.25, 0.3) is 0 Å². The van der Waals surface area contributed by atoms with Gasteiger partial charge in [0.05, 0.1) is 21.4 Å². The van der Waals surface area contributed by atoms with Crippen molar-refractivity contribution >= 4 is 33.2 Å². The van der Waals surface area contributed by atoms with E-state index in [4.69, 9.17) is 4.42 Å². The fourth-order valence-electron chi connectivity index (χ4n) is 2.33. The summed E-state index contributed by atoms with van der Waals surface area (Å²) < 4.78 is 5.80. The highest BCUT2D eigenvalue weighted by Gasteiger charge is 2.16. The van der Waals surface area contributed by atoms with Crippen LogP contribution in [0.2, 0.25) is 0 Å². The number of aromatic nitrogens is 1. The molecule has 0 fully saturated rings. The van der Waals surface area contributed by atoms with E-state index in [0.717, 1.165) is 17.8 Å². The molecular formula is C14H15BrN2O2S. The molecule has 106 valence electrons. The lowest BCUT2D eigenvalue weighted by Gasteiger charge is -2.06. The van der Waals surface area contributed by atoms with E-state index in [1.54, 1.807) is 17.4 Å². The van der Waals surface area contributed by atoms with Crippen LogP contribution < -0.4 is 5.32 Å². The first kappa shape index (κ1) is 13.8. The first-order chi connectivity index (χ1) is 9.74. The van der Waals surface area contributed by atoms with Gasteiger partial charge in [0.15, 0.2) is 0 Å². The summed E-state index contributed by atoms with van der Waals surface area (Å²) in [5.41, 5.74) is 1.27. The zero-order chi connectivity index (χ0) is 13.9. The summed E-state index contributed by atoms with van der Waals surface area (Å²) in [6.45, 7) is 0.582. The Hall–Kier alpha value is -1.14. The van der Waals surface area contributed by atoms with Crippen LogP contribution in [0.15, 0.2) is 21.2 Å². The Balaban J connectivity index is 1.54. The van der Waals surface area contributed by atoms with Crippen molar-refractivity contribution < 1.29 is 9.21 Å². The molecule has 2 heterocycles. The molecule has 2 aromatic heterocycles. The number of amides is 1. The number of fused-ring (bicyclic) bond motifs is 1. The number of aryl methyl sites for hydroxylation is 2. The van der Waals surface area contributed by atoms with E-state index >= 15 is 0 Å². The SMILES string of the molecule is O=C(NCCc1nc2c(s1)CCCC2)c1occc1Br. The Kier molecular flexibility index (Phi) is 4.21. The van der Waals surface area contributed by atoms with Gasteiger partial charge in [0.2, 0.25) is 5.76 Å². The minimum absolute atomic E-state index is 0.191.